The fourth-order valence-electron chi connectivity index (χ4n) is 8.93. The molecular formula is C56H39N3. The first-order chi connectivity index (χ1) is 29.0. The van der Waals surface area contributed by atoms with Crippen molar-refractivity contribution in [2.45, 2.75) is 19.3 Å². The number of nitrogens with zero attached hydrogens (tertiary/aromatic N) is 3. The van der Waals surface area contributed by atoms with Crippen molar-refractivity contribution in [2.24, 2.45) is 0 Å². The molecule has 0 aliphatic heterocycles. The molecule has 0 radical (unpaired) electrons. The van der Waals surface area contributed by atoms with E-state index in [-0.39, 0.29) is 5.41 Å². The molecule has 10 aromatic rings. The molecular weight excluding hydrogens is 715 g/mol. The van der Waals surface area contributed by atoms with Crippen molar-refractivity contribution in [1.82, 2.24) is 15.0 Å². The Bertz CT molecular complexity index is 3160. The number of pyridine rings is 1. The Morgan fingerprint density at radius 3 is 1.66 bits per heavy atom. The van der Waals surface area contributed by atoms with Crippen LogP contribution in [0.5, 0.6) is 0 Å². The van der Waals surface area contributed by atoms with Crippen LogP contribution in [0, 0.1) is 0 Å². The number of benzene rings is 8. The van der Waals surface area contributed by atoms with Gasteiger partial charge in [0.15, 0.2) is 5.82 Å². The Kier molecular flexibility index (Phi) is 8.16. The second kappa shape index (κ2) is 13.9. The van der Waals surface area contributed by atoms with Crippen LogP contribution >= 0.6 is 0 Å². The van der Waals surface area contributed by atoms with Crippen LogP contribution in [-0.4, -0.2) is 15.0 Å². The Labute approximate surface area is 344 Å². The minimum absolute atomic E-state index is 0.117. The van der Waals surface area contributed by atoms with E-state index in [2.05, 4.69) is 202 Å². The first kappa shape index (κ1) is 34.7. The van der Waals surface area contributed by atoms with Gasteiger partial charge in [-0.2, -0.15) is 0 Å². The molecule has 2 heterocycles. The first-order valence-corrected chi connectivity index (χ1v) is 20.3. The largest absolute Gasteiger partial charge is 0.248 e. The van der Waals surface area contributed by atoms with Gasteiger partial charge in [-0.3, -0.25) is 0 Å². The number of hydrogen-bond donors (Lipinski definition) is 0. The summed E-state index contributed by atoms with van der Waals surface area (Å²) in [5, 5.41) is 3.58. The highest BCUT2D eigenvalue weighted by atomic mass is 14.9. The van der Waals surface area contributed by atoms with Gasteiger partial charge in [0, 0.05) is 33.1 Å². The van der Waals surface area contributed by atoms with Crippen LogP contribution in [0.3, 0.4) is 0 Å². The van der Waals surface area contributed by atoms with Crippen molar-refractivity contribution in [3.63, 3.8) is 0 Å². The average Bonchev–Trinajstić information content (AvgIpc) is 3.53. The van der Waals surface area contributed by atoms with Crippen LogP contribution in [-0.2, 0) is 5.41 Å². The van der Waals surface area contributed by atoms with Gasteiger partial charge < -0.3 is 0 Å². The summed E-state index contributed by atoms with van der Waals surface area (Å²) >= 11 is 0. The van der Waals surface area contributed by atoms with Gasteiger partial charge in [-0.05, 0) is 91.7 Å². The van der Waals surface area contributed by atoms with E-state index in [1.807, 2.05) is 12.1 Å². The Hall–Kier alpha value is -7.49. The molecule has 0 fully saturated rings. The lowest BCUT2D eigenvalue weighted by Gasteiger charge is -2.22. The van der Waals surface area contributed by atoms with Gasteiger partial charge in [-0.25, -0.2) is 15.0 Å². The third-order valence-electron chi connectivity index (χ3n) is 12.1. The highest BCUT2D eigenvalue weighted by molar-refractivity contribution is 6.02. The predicted octanol–water partition coefficient (Wildman–Crippen LogP) is 14.5. The zero-order chi connectivity index (χ0) is 39.5. The molecule has 59 heavy (non-hydrogen) atoms. The Morgan fingerprint density at radius 2 is 0.915 bits per heavy atom. The van der Waals surface area contributed by atoms with Crippen molar-refractivity contribution in [1.29, 1.82) is 0 Å². The molecule has 0 atom stereocenters. The summed E-state index contributed by atoms with van der Waals surface area (Å²) in [6, 6.07) is 71.4. The summed E-state index contributed by atoms with van der Waals surface area (Å²) < 4.78 is 0. The van der Waals surface area contributed by atoms with Crippen LogP contribution in [0.15, 0.2) is 200 Å². The molecule has 0 N–H and O–H groups in total. The van der Waals surface area contributed by atoms with E-state index in [9.17, 15) is 0 Å². The van der Waals surface area contributed by atoms with E-state index in [1.165, 1.54) is 38.6 Å². The summed E-state index contributed by atoms with van der Waals surface area (Å²) in [5.41, 5.74) is 17.7. The third-order valence-corrected chi connectivity index (χ3v) is 12.1. The molecule has 0 spiro atoms. The van der Waals surface area contributed by atoms with Crippen LogP contribution in [0.25, 0.3) is 100 Å². The summed E-state index contributed by atoms with van der Waals surface area (Å²) in [6.07, 6.45) is 0. The number of rotatable bonds is 6. The molecule has 0 bridgehead atoms. The lowest BCUT2D eigenvalue weighted by molar-refractivity contribution is 0.661. The van der Waals surface area contributed by atoms with E-state index in [1.54, 1.807) is 0 Å². The summed E-state index contributed by atoms with van der Waals surface area (Å²) in [6.45, 7) is 4.67. The monoisotopic (exact) mass is 753 g/mol. The van der Waals surface area contributed by atoms with Gasteiger partial charge in [0.1, 0.15) is 0 Å². The molecule has 8 aromatic carbocycles. The SMILES string of the molecule is CC1(C)c2ccccc2-c2cc3c(-c4ccc(-c5cccc(-c6nc(-c7ccccc7)cc(-c7ccccc7)n6)c5)cc4)cc(-c4ccc5ccccc5c4)nc3cc21. The molecule has 0 saturated carbocycles. The van der Waals surface area contributed by atoms with Crippen LogP contribution in [0.1, 0.15) is 25.0 Å². The Morgan fingerprint density at radius 1 is 0.322 bits per heavy atom. The number of hydrogen-bond acceptors (Lipinski definition) is 3. The average molecular weight is 754 g/mol. The molecule has 3 nitrogen and oxygen atoms in total. The minimum atomic E-state index is -0.117. The zero-order valence-corrected chi connectivity index (χ0v) is 32.9. The summed E-state index contributed by atoms with van der Waals surface area (Å²) in [7, 11) is 0. The quantitative estimate of drug-likeness (QED) is 0.170. The molecule has 0 unspecified atom stereocenters. The maximum absolute atomic E-state index is 5.39. The minimum Gasteiger partial charge on any atom is -0.248 e. The molecule has 0 amide bonds. The lowest BCUT2D eigenvalue weighted by atomic mass is 9.82. The normalized spacial score (nSPS) is 12.7. The molecule has 278 valence electrons. The third kappa shape index (κ3) is 6.11. The van der Waals surface area contributed by atoms with Crippen molar-refractivity contribution in [3.8, 4) is 78.5 Å². The topological polar surface area (TPSA) is 38.7 Å². The second-order valence-electron chi connectivity index (χ2n) is 16.1. The van der Waals surface area contributed by atoms with Crippen molar-refractivity contribution in [2.75, 3.05) is 0 Å². The molecule has 3 heteroatoms. The van der Waals surface area contributed by atoms with Crippen molar-refractivity contribution >= 4 is 21.7 Å². The van der Waals surface area contributed by atoms with Gasteiger partial charge in [0.25, 0.3) is 0 Å². The van der Waals surface area contributed by atoms with Gasteiger partial charge in [0.05, 0.1) is 22.6 Å². The second-order valence-corrected chi connectivity index (χ2v) is 16.1. The van der Waals surface area contributed by atoms with Gasteiger partial charge in [-0.15, -0.1) is 0 Å². The van der Waals surface area contributed by atoms with Crippen LogP contribution < -0.4 is 0 Å². The van der Waals surface area contributed by atoms with E-state index < -0.39 is 0 Å². The summed E-state index contributed by atoms with van der Waals surface area (Å²) in [5.74, 6) is 0.699. The van der Waals surface area contributed by atoms with Crippen molar-refractivity contribution in [3.05, 3.63) is 211 Å². The number of aromatic nitrogens is 3. The van der Waals surface area contributed by atoms with Crippen LogP contribution in [0.4, 0.5) is 0 Å². The standard InChI is InChI=1S/C56H39N3/c1-56(2)49-23-12-11-22-45(49)47-32-48-46(33-51(57-54(48)34-50(47)56)43-29-26-36-14-9-10-19-41(36)30-43)38-27-24-37(25-28-38)42-20-13-21-44(31-42)55-58-52(39-15-5-3-6-16-39)35-53(59-55)40-17-7-4-8-18-40/h3-35H,1-2H3. The Balaban J connectivity index is 1.02. The predicted molar refractivity (Wildman–Crippen MR) is 245 cm³/mol. The maximum Gasteiger partial charge on any atom is 0.160 e. The fourth-order valence-corrected chi connectivity index (χ4v) is 8.93. The van der Waals surface area contributed by atoms with E-state index >= 15 is 0 Å². The van der Waals surface area contributed by atoms with Gasteiger partial charge in [0.2, 0.25) is 0 Å². The summed E-state index contributed by atoms with van der Waals surface area (Å²) in [4.78, 5) is 15.6. The highest BCUT2D eigenvalue weighted by Crippen LogP contribution is 2.50. The van der Waals surface area contributed by atoms with Gasteiger partial charge >= 0.3 is 0 Å². The molecule has 2 aromatic heterocycles. The zero-order valence-electron chi connectivity index (χ0n) is 32.9. The molecule has 1 aliphatic rings. The molecule has 0 saturated heterocycles. The van der Waals surface area contributed by atoms with Crippen LogP contribution in [0.2, 0.25) is 0 Å². The maximum atomic E-state index is 5.39. The van der Waals surface area contributed by atoms with E-state index in [4.69, 9.17) is 15.0 Å². The van der Waals surface area contributed by atoms with Gasteiger partial charge in [-0.1, -0.05) is 178 Å². The van der Waals surface area contributed by atoms with Crippen molar-refractivity contribution < 1.29 is 0 Å². The fraction of sp³-hybridized carbons (Fsp3) is 0.0536. The first-order valence-electron chi connectivity index (χ1n) is 20.3. The number of fused-ring (bicyclic) bond motifs is 5. The van der Waals surface area contributed by atoms with E-state index in [0.717, 1.165) is 66.9 Å². The molecule has 1 aliphatic carbocycles. The molecule has 11 rings (SSSR count). The smallest absolute Gasteiger partial charge is 0.160 e. The van der Waals surface area contributed by atoms with E-state index in [0.29, 0.717) is 5.82 Å². The lowest BCUT2D eigenvalue weighted by Crippen LogP contribution is -2.14. The highest BCUT2D eigenvalue weighted by Gasteiger charge is 2.35.